The van der Waals surface area contributed by atoms with E-state index in [1.165, 1.54) is 11.8 Å². The maximum atomic E-state index is 13.0. The quantitative estimate of drug-likeness (QED) is 0.568. The molecule has 1 N–H and O–H groups in total. The molecule has 0 aliphatic carbocycles. The number of ether oxygens (including phenoxy) is 1. The number of amides is 1. The molecule has 1 unspecified atom stereocenters. The number of anilines is 2. The van der Waals surface area contributed by atoms with Crippen molar-refractivity contribution in [1.29, 1.82) is 0 Å². The Morgan fingerprint density at radius 3 is 2.44 bits per heavy atom. The normalized spacial score (nSPS) is 14.9. The van der Waals surface area contributed by atoms with Gasteiger partial charge in [-0.3, -0.25) is 9.36 Å². The number of rotatable bonds is 6. The van der Waals surface area contributed by atoms with Gasteiger partial charge in [-0.05, 0) is 56.5 Å². The van der Waals surface area contributed by atoms with Gasteiger partial charge in [-0.2, -0.15) is 0 Å². The van der Waals surface area contributed by atoms with Gasteiger partial charge >= 0.3 is 0 Å². The number of hydrogen-bond donors (Lipinski definition) is 1. The Hall–Kier alpha value is -2.84. The molecule has 2 aromatic carbocycles. The molecular formula is C24H29N5O2S. The first-order valence-corrected chi connectivity index (χ1v) is 11.7. The molecule has 1 atom stereocenters. The molecule has 8 heteroatoms. The number of aromatic nitrogens is 3. The number of benzene rings is 2. The van der Waals surface area contributed by atoms with Crippen molar-refractivity contribution in [1.82, 2.24) is 14.8 Å². The molecule has 1 aliphatic rings. The van der Waals surface area contributed by atoms with Gasteiger partial charge in [0, 0.05) is 18.8 Å². The van der Waals surface area contributed by atoms with Gasteiger partial charge in [0.15, 0.2) is 5.16 Å². The van der Waals surface area contributed by atoms with Crippen LogP contribution < -0.4 is 10.2 Å². The van der Waals surface area contributed by atoms with Crippen LogP contribution in [0.4, 0.5) is 11.6 Å². The highest BCUT2D eigenvalue weighted by Gasteiger charge is 2.25. The van der Waals surface area contributed by atoms with Gasteiger partial charge in [-0.25, -0.2) is 0 Å². The molecule has 1 saturated heterocycles. The van der Waals surface area contributed by atoms with Crippen molar-refractivity contribution in [3.05, 3.63) is 59.2 Å². The van der Waals surface area contributed by atoms with Crippen molar-refractivity contribution >= 4 is 29.3 Å². The van der Waals surface area contributed by atoms with Gasteiger partial charge in [0.2, 0.25) is 11.9 Å². The van der Waals surface area contributed by atoms with Crippen molar-refractivity contribution in [2.45, 2.75) is 38.1 Å². The zero-order valence-corrected chi connectivity index (χ0v) is 19.8. The Balaban J connectivity index is 1.61. The third-order valence-corrected chi connectivity index (χ3v) is 6.59. The van der Waals surface area contributed by atoms with Crippen LogP contribution >= 0.6 is 11.8 Å². The molecule has 2 heterocycles. The summed E-state index contributed by atoms with van der Waals surface area (Å²) >= 11 is 1.41. The summed E-state index contributed by atoms with van der Waals surface area (Å²) in [6.45, 7) is 10.8. The van der Waals surface area contributed by atoms with Crippen molar-refractivity contribution in [3.8, 4) is 5.69 Å². The Morgan fingerprint density at radius 2 is 1.75 bits per heavy atom. The van der Waals surface area contributed by atoms with Gasteiger partial charge in [0.05, 0.1) is 24.2 Å². The van der Waals surface area contributed by atoms with Crippen LogP contribution in [0.15, 0.2) is 47.6 Å². The van der Waals surface area contributed by atoms with E-state index in [9.17, 15) is 4.79 Å². The first-order valence-electron chi connectivity index (χ1n) is 10.8. The number of morpholine rings is 1. The zero-order valence-electron chi connectivity index (χ0n) is 19.0. The van der Waals surface area contributed by atoms with Gasteiger partial charge < -0.3 is 15.0 Å². The van der Waals surface area contributed by atoms with E-state index in [4.69, 9.17) is 4.74 Å². The highest BCUT2D eigenvalue weighted by atomic mass is 32.2. The van der Waals surface area contributed by atoms with Crippen LogP contribution in [0, 0.1) is 20.8 Å². The fraction of sp³-hybridized carbons (Fsp3) is 0.375. The van der Waals surface area contributed by atoms with Gasteiger partial charge in [0.25, 0.3) is 0 Å². The van der Waals surface area contributed by atoms with E-state index in [2.05, 4.69) is 39.5 Å². The molecule has 168 valence electrons. The van der Waals surface area contributed by atoms with E-state index in [1.807, 2.05) is 55.7 Å². The van der Waals surface area contributed by atoms with Crippen LogP contribution in [-0.4, -0.2) is 52.2 Å². The van der Waals surface area contributed by atoms with E-state index in [1.54, 1.807) is 0 Å². The van der Waals surface area contributed by atoms with E-state index < -0.39 is 0 Å². The number of hydrogen-bond acceptors (Lipinski definition) is 6. The Kier molecular flexibility index (Phi) is 6.81. The molecule has 7 nitrogen and oxygen atoms in total. The SMILES string of the molecule is Cc1cccc(-n2c(SC(C)C(=O)Nc3c(C)cccc3C)nnc2N2CCOCC2)c1. The second kappa shape index (κ2) is 9.75. The monoisotopic (exact) mass is 451 g/mol. The average Bonchev–Trinajstić information content (AvgIpc) is 3.20. The summed E-state index contributed by atoms with van der Waals surface area (Å²) in [5.74, 6) is 0.725. The summed E-state index contributed by atoms with van der Waals surface area (Å²) in [7, 11) is 0. The highest BCUT2D eigenvalue weighted by Crippen LogP contribution is 2.31. The summed E-state index contributed by atoms with van der Waals surface area (Å²) < 4.78 is 7.55. The second-order valence-electron chi connectivity index (χ2n) is 8.07. The van der Waals surface area contributed by atoms with Crippen LogP contribution in [0.2, 0.25) is 0 Å². The van der Waals surface area contributed by atoms with Gasteiger partial charge in [0.1, 0.15) is 0 Å². The first-order chi connectivity index (χ1) is 15.4. The molecule has 3 aromatic rings. The predicted octanol–water partition coefficient (Wildman–Crippen LogP) is 4.15. The maximum Gasteiger partial charge on any atom is 0.237 e. The number of nitrogens with zero attached hydrogens (tertiary/aromatic N) is 4. The lowest BCUT2D eigenvalue weighted by molar-refractivity contribution is -0.115. The topological polar surface area (TPSA) is 72.3 Å². The van der Waals surface area contributed by atoms with Crippen LogP contribution in [0.1, 0.15) is 23.6 Å². The second-order valence-corrected chi connectivity index (χ2v) is 9.38. The maximum absolute atomic E-state index is 13.0. The molecule has 1 aromatic heterocycles. The number of carbonyl (C=O) groups excluding carboxylic acids is 1. The lowest BCUT2D eigenvalue weighted by Gasteiger charge is -2.28. The average molecular weight is 452 g/mol. The highest BCUT2D eigenvalue weighted by molar-refractivity contribution is 8.00. The summed E-state index contributed by atoms with van der Waals surface area (Å²) in [4.78, 5) is 15.2. The first kappa shape index (κ1) is 22.4. The van der Waals surface area contributed by atoms with Gasteiger partial charge in [-0.1, -0.05) is 42.1 Å². The van der Waals surface area contributed by atoms with Crippen molar-refractivity contribution in [2.75, 3.05) is 36.5 Å². The zero-order chi connectivity index (χ0) is 22.7. The Labute approximate surface area is 193 Å². The number of para-hydroxylation sites is 1. The Morgan fingerprint density at radius 1 is 1.06 bits per heavy atom. The van der Waals surface area contributed by atoms with E-state index >= 15 is 0 Å². The lowest BCUT2D eigenvalue weighted by Crippen LogP contribution is -2.38. The molecule has 0 radical (unpaired) electrons. The molecule has 1 amide bonds. The minimum absolute atomic E-state index is 0.0564. The number of thioether (sulfide) groups is 1. The van der Waals surface area contributed by atoms with Crippen LogP contribution in [-0.2, 0) is 9.53 Å². The van der Waals surface area contributed by atoms with Crippen LogP contribution in [0.25, 0.3) is 5.69 Å². The molecular weight excluding hydrogens is 422 g/mol. The summed E-state index contributed by atoms with van der Waals surface area (Å²) in [5.41, 5.74) is 5.11. The molecule has 0 bridgehead atoms. The van der Waals surface area contributed by atoms with Crippen LogP contribution in [0.3, 0.4) is 0 Å². The standard InChI is InChI=1S/C24H29N5O2S/c1-16-7-5-10-20(15-16)29-23(28-11-13-31-14-12-28)26-27-24(29)32-19(4)22(30)25-21-17(2)8-6-9-18(21)3/h5-10,15,19H,11-14H2,1-4H3,(H,25,30). The predicted molar refractivity (Wildman–Crippen MR) is 129 cm³/mol. The Bertz CT molecular complexity index is 1090. The summed E-state index contributed by atoms with van der Waals surface area (Å²) in [5, 5.41) is 12.4. The molecule has 1 aliphatic heterocycles. The third kappa shape index (κ3) is 4.81. The largest absolute Gasteiger partial charge is 0.378 e. The fourth-order valence-corrected chi connectivity index (χ4v) is 4.61. The van der Waals surface area contributed by atoms with Crippen LogP contribution in [0.5, 0.6) is 0 Å². The number of carbonyl (C=O) groups is 1. The van der Waals surface area contributed by atoms with E-state index in [-0.39, 0.29) is 11.2 Å². The number of nitrogens with one attached hydrogen (secondary N) is 1. The molecule has 32 heavy (non-hydrogen) atoms. The minimum Gasteiger partial charge on any atom is -0.378 e. The molecule has 1 fully saturated rings. The molecule has 4 rings (SSSR count). The summed E-state index contributed by atoms with van der Waals surface area (Å²) in [6, 6.07) is 14.3. The van der Waals surface area contributed by atoms with Crippen molar-refractivity contribution in [3.63, 3.8) is 0 Å². The molecule has 0 spiro atoms. The minimum atomic E-state index is -0.348. The molecule has 0 saturated carbocycles. The lowest BCUT2D eigenvalue weighted by atomic mass is 10.1. The summed E-state index contributed by atoms with van der Waals surface area (Å²) in [6.07, 6.45) is 0. The number of aryl methyl sites for hydroxylation is 3. The smallest absolute Gasteiger partial charge is 0.237 e. The van der Waals surface area contributed by atoms with Crippen molar-refractivity contribution < 1.29 is 9.53 Å². The fourth-order valence-electron chi connectivity index (χ4n) is 3.75. The van der Waals surface area contributed by atoms with E-state index in [0.717, 1.165) is 47.1 Å². The van der Waals surface area contributed by atoms with Crippen molar-refractivity contribution in [2.24, 2.45) is 0 Å². The van der Waals surface area contributed by atoms with Gasteiger partial charge in [-0.15, -0.1) is 10.2 Å². The van der Waals surface area contributed by atoms with E-state index in [0.29, 0.717) is 18.4 Å². The third-order valence-electron chi connectivity index (χ3n) is 5.55.